The highest BCUT2D eigenvalue weighted by atomic mass is 16.5. The molecule has 2 unspecified atom stereocenters. The van der Waals surface area contributed by atoms with Crippen LogP contribution in [-0.2, 0) is 9.53 Å². The summed E-state index contributed by atoms with van der Waals surface area (Å²) < 4.78 is 5.60. The van der Waals surface area contributed by atoms with E-state index in [1.165, 1.54) is 6.33 Å². The predicted octanol–water partition coefficient (Wildman–Crippen LogP) is 0.948. The normalized spacial score (nSPS) is 28.5. The summed E-state index contributed by atoms with van der Waals surface area (Å²) in [5.74, 6) is -0.219. The van der Waals surface area contributed by atoms with E-state index in [-0.39, 0.29) is 12.0 Å². The van der Waals surface area contributed by atoms with E-state index >= 15 is 0 Å². The molecule has 0 aromatic carbocycles. The Morgan fingerprint density at radius 1 is 1.53 bits per heavy atom. The Hall–Kier alpha value is -1.53. The van der Waals surface area contributed by atoms with Crippen molar-refractivity contribution in [2.45, 2.75) is 38.8 Å². The van der Waals surface area contributed by atoms with Crippen LogP contribution in [0.3, 0.4) is 0 Å². The van der Waals surface area contributed by atoms with E-state index in [2.05, 4.69) is 15.3 Å². The predicted molar refractivity (Wildman–Crippen MR) is 71.4 cm³/mol. The highest BCUT2D eigenvalue weighted by Crippen LogP contribution is 2.50. The van der Waals surface area contributed by atoms with Crippen molar-refractivity contribution in [2.24, 2.45) is 11.1 Å². The Morgan fingerprint density at radius 3 is 2.68 bits per heavy atom. The lowest BCUT2D eigenvalue weighted by Crippen LogP contribution is -2.74. The fourth-order valence-electron chi connectivity index (χ4n) is 2.43. The van der Waals surface area contributed by atoms with E-state index in [1.807, 2.05) is 20.8 Å². The minimum atomic E-state index is -0.928. The summed E-state index contributed by atoms with van der Waals surface area (Å²) in [4.78, 5) is 20.0. The molecule has 0 aliphatic heterocycles. The van der Waals surface area contributed by atoms with Crippen LogP contribution in [-0.4, -0.2) is 34.1 Å². The number of anilines is 1. The third-order valence-corrected chi connectivity index (χ3v) is 4.05. The van der Waals surface area contributed by atoms with Crippen molar-refractivity contribution in [1.29, 1.82) is 0 Å². The molecule has 1 heterocycles. The molecule has 0 saturated heterocycles. The lowest BCUT2D eigenvalue weighted by molar-refractivity contribution is -0.166. The Labute approximate surface area is 112 Å². The van der Waals surface area contributed by atoms with Gasteiger partial charge in [0, 0.05) is 18.4 Å². The number of nitrogens with zero attached hydrogens (tertiary/aromatic N) is 2. The van der Waals surface area contributed by atoms with Crippen LogP contribution in [0.4, 0.5) is 5.69 Å². The second kappa shape index (κ2) is 4.86. The number of rotatable bonds is 4. The van der Waals surface area contributed by atoms with Crippen molar-refractivity contribution in [3.05, 3.63) is 18.7 Å². The average Bonchev–Trinajstić information content (AvgIpc) is 2.39. The van der Waals surface area contributed by atoms with Crippen LogP contribution in [0.25, 0.3) is 0 Å². The largest absolute Gasteiger partial charge is 0.378 e. The molecule has 1 aromatic heterocycles. The summed E-state index contributed by atoms with van der Waals surface area (Å²) in [6.07, 6.45) is 5.03. The van der Waals surface area contributed by atoms with E-state index in [0.29, 0.717) is 18.7 Å². The number of amides is 1. The Morgan fingerprint density at radius 2 is 2.16 bits per heavy atom. The van der Waals surface area contributed by atoms with Gasteiger partial charge in [-0.1, -0.05) is 13.8 Å². The van der Waals surface area contributed by atoms with Crippen molar-refractivity contribution in [3.8, 4) is 0 Å². The summed E-state index contributed by atoms with van der Waals surface area (Å²) in [7, 11) is 0. The first-order valence-electron chi connectivity index (χ1n) is 6.38. The van der Waals surface area contributed by atoms with E-state index in [0.717, 1.165) is 0 Å². The van der Waals surface area contributed by atoms with E-state index in [4.69, 9.17) is 10.5 Å². The van der Waals surface area contributed by atoms with E-state index < -0.39 is 11.0 Å². The zero-order valence-electron chi connectivity index (χ0n) is 11.5. The highest BCUT2D eigenvalue weighted by Gasteiger charge is 2.62. The summed E-state index contributed by atoms with van der Waals surface area (Å²) in [5, 5.41) is 2.76. The zero-order chi connectivity index (χ0) is 14.1. The van der Waals surface area contributed by atoms with Crippen LogP contribution in [0, 0.1) is 5.41 Å². The number of hydrogen-bond acceptors (Lipinski definition) is 5. The number of ether oxygens (including phenoxy) is 1. The van der Waals surface area contributed by atoms with Gasteiger partial charge in [0.1, 0.15) is 11.9 Å². The molecular formula is C13H20N4O2. The maximum Gasteiger partial charge on any atom is 0.245 e. The molecule has 0 spiro atoms. The first kappa shape index (κ1) is 13.9. The van der Waals surface area contributed by atoms with E-state index in [9.17, 15) is 4.79 Å². The van der Waals surface area contributed by atoms with Crippen LogP contribution in [0.15, 0.2) is 18.7 Å². The van der Waals surface area contributed by atoms with Crippen molar-refractivity contribution in [1.82, 2.24) is 9.97 Å². The molecule has 1 fully saturated rings. The standard InChI is InChI=1S/C13H20N4O2/c1-4-19-10-5-13(14,12(10,2)3)11(18)17-9-6-15-8-16-7-9/h6-8,10H,4-5,14H2,1-3H3,(H,17,18). The zero-order valence-corrected chi connectivity index (χ0v) is 11.5. The van der Waals surface area contributed by atoms with Crippen LogP contribution in [0.2, 0.25) is 0 Å². The lowest BCUT2D eigenvalue weighted by atomic mass is 9.54. The first-order chi connectivity index (χ1) is 8.91. The van der Waals surface area contributed by atoms with Gasteiger partial charge >= 0.3 is 0 Å². The summed E-state index contributed by atoms with van der Waals surface area (Å²) in [6.45, 7) is 6.47. The number of carbonyl (C=O) groups is 1. The molecule has 1 aromatic rings. The van der Waals surface area contributed by atoms with Gasteiger partial charge in [0.15, 0.2) is 0 Å². The van der Waals surface area contributed by atoms with Gasteiger partial charge in [-0.3, -0.25) is 4.79 Å². The molecule has 0 radical (unpaired) electrons. The molecule has 1 aliphatic carbocycles. The number of nitrogens with one attached hydrogen (secondary N) is 1. The van der Waals surface area contributed by atoms with Crippen molar-refractivity contribution in [2.75, 3.05) is 11.9 Å². The maximum atomic E-state index is 12.3. The molecule has 2 rings (SSSR count). The SMILES string of the molecule is CCOC1CC(N)(C(=O)Nc2cncnc2)C1(C)C. The highest BCUT2D eigenvalue weighted by molar-refractivity contribution is 5.99. The fourth-order valence-corrected chi connectivity index (χ4v) is 2.43. The minimum absolute atomic E-state index is 0.0141. The second-order valence-corrected chi connectivity index (χ2v) is 5.42. The number of carbonyl (C=O) groups excluding carboxylic acids is 1. The van der Waals surface area contributed by atoms with Gasteiger partial charge < -0.3 is 15.8 Å². The smallest absolute Gasteiger partial charge is 0.245 e. The molecule has 1 saturated carbocycles. The Bertz CT molecular complexity index is 463. The maximum absolute atomic E-state index is 12.3. The first-order valence-corrected chi connectivity index (χ1v) is 6.38. The monoisotopic (exact) mass is 264 g/mol. The average molecular weight is 264 g/mol. The molecule has 104 valence electrons. The van der Waals surface area contributed by atoms with Gasteiger partial charge in [-0.15, -0.1) is 0 Å². The summed E-state index contributed by atoms with van der Waals surface area (Å²) in [6, 6.07) is 0. The number of nitrogens with two attached hydrogens (primary N) is 1. The van der Waals surface area contributed by atoms with Crippen LogP contribution < -0.4 is 11.1 Å². The second-order valence-electron chi connectivity index (χ2n) is 5.42. The quantitative estimate of drug-likeness (QED) is 0.845. The van der Waals surface area contributed by atoms with Gasteiger partial charge in [-0.25, -0.2) is 9.97 Å². The molecule has 1 aliphatic rings. The van der Waals surface area contributed by atoms with Crippen LogP contribution in [0.5, 0.6) is 0 Å². The van der Waals surface area contributed by atoms with E-state index in [1.54, 1.807) is 12.4 Å². The lowest BCUT2D eigenvalue weighted by Gasteiger charge is -2.57. The van der Waals surface area contributed by atoms with Gasteiger partial charge in [-0.05, 0) is 6.92 Å². The molecule has 6 heteroatoms. The molecule has 6 nitrogen and oxygen atoms in total. The third kappa shape index (κ3) is 2.21. The fraction of sp³-hybridized carbons (Fsp3) is 0.615. The third-order valence-electron chi connectivity index (χ3n) is 4.05. The molecule has 0 bridgehead atoms. The van der Waals surface area contributed by atoms with Crippen molar-refractivity contribution in [3.63, 3.8) is 0 Å². The van der Waals surface area contributed by atoms with Gasteiger partial charge in [-0.2, -0.15) is 0 Å². The van der Waals surface area contributed by atoms with Gasteiger partial charge in [0.05, 0.1) is 24.2 Å². The molecule has 2 atom stereocenters. The number of hydrogen-bond donors (Lipinski definition) is 2. The summed E-state index contributed by atoms with van der Waals surface area (Å²) >= 11 is 0. The molecule has 3 N–H and O–H groups in total. The minimum Gasteiger partial charge on any atom is -0.378 e. The molecular weight excluding hydrogens is 244 g/mol. The van der Waals surface area contributed by atoms with Gasteiger partial charge in [0.25, 0.3) is 0 Å². The Kier molecular flexibility index (Phi) is 3.56. The molecule has 1 amide bonds. The summed E-state index contributed by atoms with van der Waals surface area (Å²) in [5.41, 5.74) is 5.48. The van der Waals surface area contributed by atoms with Gasteiger partial charge in [0.2, 0.25) is 5.91 Å². The van der Waals surface area contributed by atoms with Crippen LogP contribution in [0.1, 0.15) is 27.2 Å². The molecule has 19 heavy (non-hydrogen) atoms. The topological polar surface area (TPSA) is 90.1 Å². The van der Waals surface area contributed by atoms with Crippen molar-refractivity contribution < 1.29 is 9.53 Å². The number of aromatic nitrogens is 2. The Balaban J connectivity index is 2.08. The van der Waals surface area contributed by atoms with Crippen molar-refractivity contribution >= 4 is 11.6 Å². The van der Waals surface area contributed by atoms with Crippen LogP contribution >= 0.6 is 0 Å².